The Labute approximate surface area is 460 Å². The van der Waals surface area contributed by atoms with E-state index >= 15 is 0 Å². The first-order valence-electron chi connectivity index (χ1n) is 23.7. The second kappa shape index (κ2) is 20.7. The van der Waals surface area contributed by atoms with Gasteiger partial charge in [0.1, 0.15) is 69.9 Å². The lowest BCUT2D eigenvalue weighted by atomic mass is 9.77. The van der Waals surface area contributed by atoms with Crippen molar-refractivity contribution >= 4 is 109 Å². The number of carboxylic acid groups (broad SMARTS) is 2. The van der Waals surface area contributed by atoms with E-state index in [4.69, 9.17) is 42.1 Å². The number of hydrogen-bond acceptors (Lipinski definition) is 15. The first-order chi connectivity index (χ1) is 37.0. The molecule has 2 saturated heterocycles. The van der Waals surface area contributed by atoms with Gasteiger partial charge in [0.25, 0.3) is 0 Å². The highest BCUT2D eigenvalue weighted by Crippen LogP contribution is 2.59. The summed E-state index contributed by atoms with van der Waals surface area (Å²) < 4.78 is 51.9. The molecular weight excluding hydrogens is 1120 g/mol. The molecule has 2 amide bonds. The number of amides is 2. The molecule has 3 aromatic carbocycles. The van der Waals surface area contributed by atoms with E-state index in [9.17, 15) is 52.2 Å². The smallest absolute Gasteiger partial charge is 0.352 e. The molecule has 0 aliphatic carbocycles. The molecule has 8 heterocycles. The van der Waals surface area contributed by atoms with E-state index in [1.807, 2.05) is 35.0 Å². The van der Waals surface area contributed by atoms with Crippen LogP contribution in [0.4, 0.5) is 0 Å². The van der Waals surface area contributed by atoms with E-state index in [0.717, 1.165) is 19.6 Å². The van der Waals surface area contributed by atoms with Crippen LogP contribution in [-0.4, -0.2) is 105 Å². The van der Waals surface area contributed by atoms with Crippen molar-refractivity contribution < 1.29 is 71.1 Å². The number of ether oxygens (including phenoxy) is 4. The van der Waals surface area contributed by atoms with Gasteiger partial charge in [-0.05, 0) is 64.4 Å². The summed E-state index contributed by atoms with van der Waals surface area (Å²) >= 11 is 16.6. The number of aliphatic carboxylic acids is 2. The molecule has 17 nitrogen and oxygen atoms in total. The van der Waals surface area contributed by atoms with Gasteiger partial charge in [0.15, 0.2) is 5.60 Å². The number of hydrogen-bond donors (Lipinski definition) is 2. The average molecular weight is 1160 g/mol. The van der Waals surface area contributed by atoms with E-state index in [0.29, 0.717) is 16.7 Å². The Morgan fingerprint density at radius 3 is 1.58 bits per heavy atom. The number of Topliss-reactive ketones (excluding diaryl/α,β-unsaturated/α-hetero) is 2. The number of carbonyl (C=O) groups is 7. The standard InChI is InChI=1S/C54H40Cl2N2O15S4/c55-39-21-37-41(23-43(39)70-13-3-7-27-25-76(68)49-34(47(61)57(49)45(27)51(63)64)19-29(59)17-31-9-5-15-74-31)72-42-24-44(40(56)22-38(42)54(37)36-12-2-1-11-33(36)53(67)73-54)71-14-4-8-28-26-77(69)50-35(48(62)58(50)46(28)52(65)66)20-30(60)18-32-10-6-16-75-32/h1-12,15-16,21-24,34-35,49-50H,13-14,17-20,25-26H2,(H,63,64)(H,65,66)/b7-3+,8-4+. The molecule has 2 aromatic heterocycles. The van der Waals surface area contributed by atoms with Gasteiger partial charge in [-0.1, -0.05) is 65.7 Å². The molecule has 77 heavy (non-hydrogen) atoms. The largest absolute Gasteiger partial charge is 0.488 e. The Balaban J connectivity index is 0.811. The Hall–Kier alpha value is -7.01. The van der Waals surface area contributed by atoms with Crippen molar-refractivity contribution in [3.05, 3.63) is 172 Å². The number of carboxylic acids is 2. The fraction of sp³-hybridized carbons (Fsp3) is 0.241. The lowest BCUT2D eigenvalue weighted by molar-refractivity contribution is -0.154. The maximum Gasteiger partial charge on any atom is 0.352 e. The number of β-lactam (4-membered cyclic amide) rings is 2. The number of thiophene rings is 2. The van der Waals surface area contributed by atoms with Gasteiger partial charge in [-0.3, -0.25) is 37.4 Å². The predicted molar refractivity (Wildman–Crippen MR) is 283 cm³/mol. The molecular formula is C54H40Cl2N2O15S4. The zero-order chi connectivity index (χ0) is 54.0. The normalized spacial score (nSPS) is 23.9. The van der Waals surface area contributed by atoms with Crippen LogP contribution in [-0.2, 0) is 73.5 Å². The van der Waals surface area contributed by atoms with E-state index in [1.165, 1.54) is 71.2 Å². The number of rotatable bonds is 18. The van der Waals surface area contributed by atoms with Gasteiger partial charge in [0.2, 0.25) is 11.8 Å². The lowest BCUT2D eigenvalue weighted by Gasteiger charge is -2.48. The van der Waals surface area contributed by atoms with Crippen molar-refractivity contribution in [3.63, 3.8) is 0 Å². The average Bonchev–Trinajstić information content (AvgIpc) is 4.39. The van der Waals surface area contributed by atoms with Gasteiger partial charge in [-0.15, -0.1) is 22.7 Å². The van der Waals surface area contributed by atoms with E-state index in [-0.39, 0.29) is 123 Å². The molecule has 6 unspecified atom stereocenters. The van der Waals surface area contributed by atoms with Crippen molar-refractivity contribution in [2.75, 3.05) is 24.7 Å². The molecule has 1 spiro atoms. The second-order valence-corrected chi connectivity index (χ2v) is 24.5. The fourth-order valence-electron chi connectivity index (χ4n) is 10.6. The minimum Gasteiger partial charge on any atom is -0.488 e. The van der Waals surface area contributed by atoms with Crippen LogP contribution in [0, 0.1) is 11.8 Å². The van der Waals surface area contributed by atoms with Crippen molar-refractivity contribution in [3.8, 4) is 23.0 Å². The van der Waals surface area contributed by atoms with Crippen molar-refractivity contribution in [1.29, 1.82) is 0 Å². The maximum absolute atomic E-state index is 13.6. The number of fused-ring (bicyclic) bond motifs is 8. The van der Waals surface area contributed by atoms with Crippen LogP contribution in [0.25, 0.3) is 0 Å². The molecule has 6 aliphatic heterocycles. The summed E-state index contributed by atoms with van der Waals surface area (Å²) in [4.78, 5) is 94.6. The van der Waals surface area contributed by atoms with Crippen LogP contribution in [0.15, 0.2) is 130 Å². The topological polar surface area (TPSA) is 237 Å². The Morgan fingerprint density at radius 2 is 1.14 bits per heavy atom. The molecule has 11 rings (SSSR count). The third-order valence-corrected chi connectivity index (χ3v) is 19.6. The fourth-order valence-corrected chi connectivity index (χ4v) is 15.9. The van der Waals surface area contributed by atoms with Crippen LogP contribution >= 0.6 is 45.9 Å². The van der Waals surface area contributed by atoms with Crippen LogP contribution in [0.3, 0.4) is 0 Å². The monoisotopic (exact) mass is 1150 g/mol. The van der Waals surface area contributed by atoms with Crippen LogP contribution in [0.1, 0.15) is 49.6 Å². The van der Waals surface area contributed by atoms with Crippen LogP contribution in [0.5, 0.6) is 23.0 Å². The molecule has 6 atom stereocenters. The summed E-state index contributed by atoms with van der Waals surface area (Å²) in [5, 5.41) is 22.4. The number of esters is 1. The number of ketones is 2. The third-order valence-electron chi connectivity index (χ3n) is 13.9. The van der Waals surface area contributed by atoms with Gasteiger partial charge in [-0.25, -0.2) is 14.4 Å². The summed E-state index contributed by atoms with van der Waals surface area (Å²) in [6.45, 7) is -0.375. The number of benzene rings is 3. The van der Waals surface area contributed by atoms with E-state index in [1.54, 1.807) is 24.3 Å². The predicted octanol–water partition coefficient (Wildman–Crippen LogP) is 7.73. The van der Waals surface area contributed by atoms with Crippen molar-refractivity contribution in [2.24, 2.45) is 11.8 Å². The number of allylic oxidation sites excluding steroid dienone is 2. The van der Waals surface area contributed by atoms with Gasteiger partial charge in [0.05, 0.1) is 39.0 Å². The molecule has 0 saturated carbocycles. The molecule has 23 heteroatoms. The highest BCUT2D eigenvalue weighted by Gasteiger charge is 2.58. The Bertz CT molecular complexity index is 3370. The first-order valence-corrected chi connectivity index (χ1v) is 29.0. The Kier molecular flexibility index (Phi) is 14.0. The molecule has 2 N–H and O–H groups in total. The van der Waals surface area contributed by atoms with Crippen molar-refractivity contribution in [1.82, 2.24) is 9.80 Å². The SMILES string of the molecule is O=C(Cc1cccs1)CC1C(=O)N2C(C(=O)O)=C(/C=C/COc3cc4c(cc3Cl)C3(OC(=O)c5ccccc53)c3cc(Cl)c(OC/C=C/C5=C(C(=O)O)N6C(=O)C(CC(=O)Cc7cccs7)C6S(=O)C5)cc3O4)CS(=O)C12. The summed E-state index contributed by atoms with van der Waals surface area (Å²) in [6, 6.07) is 20.1. The number of carbonyl (C=O) groups excluding carboxylic acids is 5. The zero-order valence-electron chi connectivity index (χ0n) is 39.8. The van der Waals surface area contributed by atoms with Crippen molar-refractivity contribution in [2.45, 2.75) is 42.0 Å². The van der Waals surface area contributed by atoms with Crippen LogP contribution < -0.4 is 14.2 Å². The highest BCUT2D eigenvalue weighted by atomic mass is 35.5. The lowest BCUT2D eigenvalue weighted by Crippen LogP contribution is -2.65. The highest BCUT2D eigenvalue weighted by molar-refractivity contribution is 7.86. The minimum absolute atomic E-state index is 0.0801. The van der Waals surface area contributed by atoms with Crippen LogP contribution in [0.2, 0.25) is 10.0 Å². The minimum atomic E-state index is -1.71. The number of halogens is 2. The maximum atomic E-state index is 13.6. The summed E-state index contributed by atoms with van der Waals surface area (Å²) in [5.41, 5.74) is -0.628. The van der Waals surface area contributed by atoms with Gasteiger partial charge < -0.3 is 29.2 Å². The molecule has 0 radical (unpaired) electrons. The van der Waals surface area contributed by atoms with E-state index in [2.05, 4.69) is 0 Å². The van der Waals surface area contributed by atoms with Gasteiger partial charge in [-0.2, -0.15) is 0 Å². The summed E-state index contributed by atoms with van der Waals surface area (Å²) in [7, 11) is -3.42. The molecule has 394 valence electrons. The molecule has 5 aromatic rings. The molecule has 2 fully saturated rings. The third kappa shape index (κ3) is 9.25. The molecule has 6 aliphatic rings. The summed E-state index contributed by atoms with van der Waals surface area (Å²) in [6.07, 6.45) is 5.74. The van der Waals surface area contributed by atoms with Gasteiger partial charge in [0, 0.05) is 85.9 Å². The quantitative estimate of drug-likeness (QED) is 0.0631. The number of nitrogens with zero attached hydrogens (tertiary/aromatic N) is 2. The second-order valence-electron chi connectivity index (χ2n) is 18.5. The van der Waals surface area contributed by atoms with E-state index < -0.39 is 79.5 Å². The van der Waals surface area contributed by atoms with Gasteiger partial charge >= 0.3 is 17.9 Å². The Morgan fingerprint density at radius 1 is 0.675 bits per heavy atom. The molecule has 0 bridgehead atoms. The summed E-state index contributed by atoms with van der Waals surface area (Å²) in [5.74, 6) is -6.62. The zero-order valence-corrected chi connectivity index (χ0v) is 44.6. The first kappa shape index (κ1) is 52.1.